The Labute approximate surface area is 110 Å². The highest BCUT2D eigenvalue weighted by atomic mass is 79.9. The number of unbranched alkanes of at least 4 members (excludes halogenated alkanes) is 2. The predicted molar refractivity (Wildman–Crippen MR) is 74.1 cm³/mol. The van der Waals surface area contributed by atoms with E-state index in [4.69, 9.17) is 0 Å². The maximum Gasteiger partial charge on any atom is 0.223 e. The van der Waals surface area contributed by atoms with Crippen LogP contribution in [0.1, 0.15) is 33.1 Å². The fraction of sp³-hybridized carbons (Fsp3) is 0.636. The number of halogens is 1. The molecule has 16 heavy (non-hydrogen) atoms. The normalized spacial score (nSPS) is 10.4. The molecule has 0 aromatic carbocycles. The van der Waals surface area contributed by atoms with Gasteiger partial charge in [0.25, 0.3) is 0 Å². The number of nitrogens with zero attached hydrogens (tertiary/aromatic N) is 2. The van der Waals surface area contributed by atoms with Crippen LogP contribution in [0.3, 0.4) is 0 Å². The van der Waals surface area contributed by atoms with Crippen LogP contribution in [0.2, 0.25) is 0 Å². The lowest BCUT2D eigenvalue weighted by Crippen LogP contribution is -2.02. The number of aromatic nitrogens is 2. The van der Waals surface area contributed by atoms with Crippen molar-refractivity contribution in [2.24, 2.45) is 0 Å². The zero-order valence-electron chi connectivity index (χ0n) is 9.79. The highest BCUT2D eigenvalue weighted by molar-refractivity contribution is 9.10. The van der Waals surface area contributed by atoms with Crippen LogP contribution in [0.25, 0.3) is 0 Å². The van der Waals surface area contributed by atoms with Gasteiger partial charge in [0, 0.05) is 12.7 Å². The van der Waals surface area contributed by atoms with Crippen LogP contribution in [0.15, 0.2) is 15.7 Å². The highest BCUT2D eigenvalue weighted by Crippen LogP contribution is 2.26. The fourth-order valence-electron chi connectivity index (χ4n) is 1.22. The molecule has 0 unspecified atom stereocenters. The molecule has 1 rings (SSSR count). The molecule has 0 saturated heterocycles. The van der Waals surface area contributed by atoms with Crippen molar-refractivity contribution in [1.29, 1.82) is 0 Å². The summed E-state index contributed by atoms with van der Waals surface area (Å²) in [6.07, 6.45) is 5.60. The van der Waals surface area contributed by atoms with E-state index >= 15 is 0 Å². The Bertz CT molecular complexity index is 320. The van der Waals surface area contributed by atoms with Crippen molar-refractivity contribution in [2.45, 2.75) is 38.1 Å². The second-order valence-corrected chi connectivity index (χ2v) is 5.37. The number of hydrogen-bond donors (Lipinski definition) is 1. The number of anilines is 1. The van der Waals surface area contributed by atoms with Crippen LogP contribution in [0.4, 0.5) is 5.95 Å². The zero-order chi connectivity index (χ0) is 11.8. The Morgan fingerprint density at radius 2 is 2.19 bits per heavy atom. The minimum Gasteiger partial charge on any atom is -0.354 e. The van der Waals surface area contributed by atoms with Crippen LogP contribution >= 0.6 is 27.7 Å². The van der Waals surface area contributed by atoms with E-state index in [-0.39, 0.29) is 0 Å². The molecule has 1 N–H and O–H groups in total. The van der Waals surface area contributed by atoms with Gasteiger partial charge in [0.15, 0.2) is 0 Å². The average Bonchev–Trinajstić information content (AvgIpc) is 2.29. The van der Waals surface area contributed by atoms with E-state index in [0.717, 1.165) is 21.8 Å². The molecule has 1 heterocycles. The number of hydrogen-bond acceptors (Lipinski definition) is 4. The van der Waals surface area contributed by atoms with Crippen LogP contribution in [0, 0.1) is 0 Å². The third kappa shape index (κ3) is 4.70. The zero-order valence-corrected chi connectivity index (χ0v) is 12.2. The van der Waals surface area contributed by atoms with Gasteiger partial charge in [0.05, 0.1) is 4.47 Å². The third-order valence-electron chi connectivity index (χ3n) is 2.03. The maximum atomic E-state index is 4.45. The Hall–Kier alpha value is -0.290. The number of thioether (sulfide) groups is 1. The summed E-state index contributed by atoms with van der Waals surface area (Å²) in [6, 6.07) is 0. The lowest BCUT2D eigenvalue weighted by molar-refractivity contribution is 0.778. The smallest absolute Gasteiger partial charge is 0.223 e. The fourth-order valence-corrected chi connectivity index (χ4v) is 2.63. The summed E-state index contributed by atoms with van der Waals surface area (Å²) >= 11 is 5.27. The minimum absolute atomic E-state index is 0.712. The first-order valence-corrected chi connectivity index (χ1v) is 7.45. The van der Waals surface area contributed by atoms with E-state index in [2.05, 4.69) is 38.1 Å². The molecule has 0 bridgehead atoms. The first-order valence-electron chi connectivity index (χ1n) is 5.67. The molecule has 5 heteroatoms. The minimum atomic E-state index is 0.712. The van der Waals surface area contributed by atoms with Gasteiger partial charge < -0.3 is 5.32 Å². The molecule has 0 aliphatic heterocycles. The van der Waals surface area contributed by atoms with Crippen molar-refractivity contribution in [1.82, 2.24) is 9.97 Å². The summed E-state index contributed by atoms with van der Waals surface area (Å²) in [6.45, 7) is 5.11. The summed E-state index contributed by atoms with van der Waals surface area (Å²) in [7, 11) is 0. The molecule has 0 spiro atoms. The Kier molecular flexibility index (Phi) is 6.80. The van der Waals surface area contributed by atoms with E-state index in [1.165, 1.54) is 19.3 Å². The van der Waals surface area contributed by atoms with Gasteiger partial charge in [-0.3, -0.25) is 0 Å². The lowest BCUT2D eigenvalue weighted by atomic mass is 10.3. The largest absolute Gasteiger partial charge is 0.354 e. The lowest BCUT2D eigenvalue weighted by Gasteiger charge is -2.06. The summed E-state index contributed by atoms with van der Waals surface area (Å²) in [5.41, 5.74) is 0. The third-order valence-corrected chi connectivity index (χ3v) is 3.95. The molecule has 0 amide bonds. The molecule has 1 aromatic rings. The molecule has 0 atom stereocenters. The molecular weight excluding hydrogens is 286 g/mol. The molecule has 0 saturated carbocycles. The van der Waals surface area contributed by atoms with E-state index in [0.29, 0.717) is 5.95 Å². The summed E-state index contributed by atoms with van der Waals surface area (Å²) < 4.78 is 0.982. The number of rotatable bonds is 7. The van der Waals surface area contributed by atoms with Gasteiger partial charge in [0.2, 0.25) is 5.95 Å². The monoisotopic (exact) mass is 303 g/mol. The van der Waals surface area contributed by atoms with Crippen molar-refractivity contribution in [3.63, 3.8) is 0 Å². The van der Waals surface area contributed by atoms with Gasteiger partial charge in [-0.2, -0.15) is 0 Å². The Balaban J connectivity index is 2.52. The highest BCUT2D eigenvalue weighted by Gasteiger charge is 2.04. The topological polar surface area (TPSA) is 37.8 Å². The second-order valence-electron chi connectivity index (χ2n) is 3.43. The second kappa shape index (κ2) is 7.90. The maximum absolute atomic E-state index is 4.45. The molecule has 3 nitrogen and oxygen atoms in total. The van der Waals surface area contributed by atoms with E-state index in [9.17, 15) is 0 Å². The molecule has 0 aliphatic rings. The molecule has 0 aliphatic carbocycles. The van der Waals surface area contributed by atoms with Gasteiger partial charge in [0.1, 0.15) is 5.03 Å². The van der Waals surface area contributed by atoms with Crippen LogP contribution in [-0.4, -0.2) is 22.3 Å². The molecule has 90 valence electrons. The summed E-state index contributed by atoms with van der Waals surface area (Å²) in [4.78, 5) is 8.64. The molecular formula is C11H18BrN3S. The van der Waals surface area contributed by atoms with Crippen LogP contribution in [-0.2, 0) is 0 Å². The van der Waals surface area contributed by atoms with Crippen molar-refractivity contribution in [3.05, 3.63) is 10.7 Å². The van der Waals surface area contributed by atoms with Crippen molar-refractivity contribution in [2.75, 3.05) is 17.6 Å². The van der Waals surface area contributed by atoms with Crippen LogP contribution < -0.4 is 5.32 Å². The Morgan fingerprint density at radius 1 is 1.38 bits per heavy atom. The molecule has 1 aromatic heterocycles. The Morgan fingerprint density at radius 3 is 2.88 bits per heavy atom. The summed E-state index contributed by atoms with van der Waals surface area (Å²) in [5, 5.41) is 4.15. The quantitative estimate of drug-likeness (QED) is 0.470. The van der Waals surface area contributed by atoms with Gasteiger partial charge in [-0.15, -0.1) is 11.8 Å². The van der Waals surface area contributed by atoms with E-state index < -0.39 is 0 Å². The van der Waals surface area contributed by atoms with Gasteiger partial charge in [-0.25, -0.2) is 9.97 Å². The first-order chi connectivity index (χ1) is 7.77. The van der Waals surface area contributed by atoms with Gasteiger partial charge in [-0.1, -0.05) is 19.8 Å². The average molecular weight is 304 g/mol. The van der Waals surface area contributed by atoms with Gasteiger partial charge >= 0.3 is 0 Å². The standard InChI is InChI=1S/C11H18BrN3S/c1-3-5-6-7-16-10-9(12)8-14-11(15-10)13-4-2/h8H,3-7H2,1-2H3,(H,13,14,15). The summed E-state index contributed by atoms with van der Waals surface area (Å²) in [5.74, 6) is 1.83. The first kappa shape index (κ1) is 13.8. The van der Waals surface area contributed by atoms with Crippen molar-refractivity contribution in [3.8, 4) is 0 Å². The molecule has 0 radical (unpaired) electrons. The SMILES string of the molecule is CCCCCSc1nc(NCC)ncc1Br. The number of nitrogens with one attached hydrogen (secondary N) is 1. The van der Waals surface area contributed by atoms with Gasteiger partial charge in [-0.05, 0) is 35.0 Å². The van der Waals surface area contributed by atoms with E-state index in [1.807, 2.05) is 13.1 Å². The van der Waals surface area contributed by atoms with Crippen molar-refractivity contribution >= 4 is 33.6 Å². The predicted octanol–water partition coefficient (Wildman–Crippen LogP) is 3.95. The van der Waals surface area contributed by atoms with Crippen LogP contribution in [0.5, 0.6) is 0 Å². The van der Waals surface area contributed by atoms with E-state index in [1.54, 1.807) is 11.8 Å². The van der Waals surface area contributed by atoms with Crippen molar-refractivity contribution < 1.29 is 0 Å². The molecule has 0 fully saturated rings.